The zero-order valence-corrected chi connectivity index (χ0v) is 15.2. The summed E-state index contributed by atoms with van der Waals surface area (Å²) in [7, 11) is -3.87. The van der Waals surface area contributed by atoms with Gasteiger partial charge in [-0.05, 0) is 24.3 Å². The van der Waals surface area contributed by atoms with Crippen molar-refractivity contribution in [3.05, 3.63) is 78.9 Å². The van der Waals surface area contributed by atoms with Crippen molar-refractivity contribution in [2.75, 3.05) is 16.7 Å². The number of ether oxygens (including phenoxy) is 1. The molecule has 6 nitrogen and oxygen atoms in total. The highest BCUT2D eigenvalue weighted by Gasteiger charge is 2.23. The Hall–Kier alpha value is -3.00. The second kappa shape index (κ2) is 8.59. The molecule has 0 N–H and O–H groups in total. The quantitative estimate of drug-likeness (QED) is 0.591. The largest absolute Gasteiger partial charge is 0.457 e. The molecule has 0 unspecified atom stereocenters. The lowest BCUT2D eigenvalue weighted by molar-refractivity contribution is 0.483. The Bertz CT molecular complexity index is 970. The average molecular weight is 387 g/mol. The van der Waals surface area contributed by atoms with Crippen LogP contribution >= 0.6 is 0 Å². The standard InChI is InChI=1S/C19H18FN3O3S/c20-9-10-27(24,25)23(14-16-12-21-15-22-13-16)17-5-4-8-19(11-17)26-18-6-2-1-3-7-18/h1-8,11-13,15H,9-10,14H2. The Morgan fingerprint density at radius 3 is 2.37 bits per heavy atom. The number of rotatable bonds is 8. The summed E-state index contributed by atoms with van der Waals surface area (Å²) in [5.74, 6) is 0.498. The van der Waals surface area contributed by atoms with Gasteiger partial charge in [-0.3, -0.25) is 4.31 Å². The smallest absolute Gasteiger partial charge is 0.238 e. The molecule has 8 heteroatoms. The Balaban J connectivity index is 1.93. The Morgan fingerprint density at radius 1 is 0.963 bits per heavy atom. The van der Waals surface area contributed by atoms with Crippen molar-refractivity contribution >= 4 is 15.7 Å². The minimum Gasteiger partial charge on any atom is -0.457 e. The predicted octanol–water partition coefficient (Wildman–Crippen LogP) is 3.57. The maximum absolute atomic E-state index is 12.8. The van der Waals surface area contributed by atoms with E-state index in [-0.39, 0.29) is 6.54 Å². The maximum atomic E-state index is 12.8. The first-order chi connectivity index (χ1) is 13.1. The first kappa shape index (κ1) is 18.8. The predicted molar refractivity (Wildman–Crippen MR) is 101 cm³/mol. The highest BCUT2D eigenvalue weighted by atomic mass is 32.2. The van der Waals surface area contributed by atoms with E-state index in [1.54, 1.807) is 36.4 Å². The number of hydrogen-bond acceptors (Lipinski definition) is 5. The Morgan fingerprint density at radius 2 is 1.67 bits per heavy atom. The molecule has 0 spiro atoms. The molecule has 1 heterocycles. The van der Waals surface area contributed by atoms with Crippen LogP contribution in [0.15, 0.2) is 73.3 Å². The maximum Gasteiger partial charge on any atom is 0.238 e. The van der Waals surface area contributed by atoms with Gasteiger partial charge in [0.15, 0.2) is 0 Å². The van der Waals surface area contributed by atoms with Gasteiger partial charge >= 0.3 is 0 Å². The third kappa shape index (κ3) is 5.01. The average Bonchev–Trinajstić information content (AvgIpc) is 2.68. The summed E-state index contributed by atoms with van der Waals surface area (Å²) in [5.41, 5.74) is 0.968. The number of aromatic nitrogens is 2. The molecule has 0 radical (unpaired) electrons. The fourth-order valence-electron chi connectivity index (χ4n) is 2.46. The van der Waals surface area contributed by atoms with Gasteiger partial charge in [0.25, 0.3) is 0 Å². The van der Waals surface area contributed by atoms with Crippen LogP contribution in [0, 0.1) is 0 Å². The minimum atomic E-state index is -3.87. The molecule has 2 aromatic carbocycles. The molecule has 0 atom stereocenters. The molecule has 3 aromatic rings. The van der Waals surface area contributed by atoms with Crippen molar-refractivity contribution in [3.63, 3.8) is 0 Å². The van der Waals surface area contributed by atoms with Crippen molar-refractivity contribution in [1.29, 1.82) is 0 Å². The fourth-order valence-corrected chi connectivity index (χ4v) is 3.66. The highest BCUT2D eigenvalue weighted by molar-refractivity contribution is 7.92. The van der Waals surface area contributed by atoms with Crippen LogP contribution in [-0.2, 0) is 16.6 Å². The van der Waals surface area contributed by atoms with Crippen molar-refractivity contribution in [2.45, 2.75) is 6.54 Å². The number of benzene rings is 2. The first-order valence-electron chi connectivity index (χ1n) is 8.22. The molecule has 1 aromatic heterocycles. The number of nitrogens with zero attached hydrogens (tertiary/aromatic N) is 3. The van der Waals surface area contributed by atoms with Gasteiger partial charge in [0.05, 0.1) is 18.0 Å². The van der Waals surface area contributed by atoms with Crippen molar-refractivity contribution in [1.82, 2.24) is 9.97 Å². The van der Waals surface area contributed by atoms with E-state index in [4.69, 9.17) is 4.74 Å². The van der Waals surface area contributed by atoms with E-state index in [1.165, 1.54) is 18.7 Å². The van der Waals surface area contributed by atoms with E-state index < -0.39 is 22.5 Å². The lowest BCUT2D eigenvalue weighted by atomic mass is 10.2. The first-order valence-corrected chi connectivity index (χ1v) is 9.82. The van der Waals surface area contributed by atoms with Crippen LogP contribution in [0.25, 0.3) is 0 Å². The van der Waals surface area contributed by atoms with Crippen LogP contribution in [0.2, 0.25) is 0 Å². The molecule has 0 fully saturated rings. The minimum absolute atomic E-state index is 0.00202. The number of hydrogen-bond donors (Lipinski definition) is 0. The second-order valence-corrected chi connectivity index (χ2v) is 7.68. The van der Waals surface area contributed by atoms with Gasteiger partial charge in [-0.25, -0.2) is 22.8 Å². The number of sulfonamides is 1. The van der Waals surface area contributed by atoms with Gasteiger partial charge in [0, 0.05) is 24.0 Å². The summed E-state index contributed by atoms with van der Waals surface area (Å²) >= 11 is 0. The molecule has 27 heavy (non-hydrogen) atoms. The molecule has 0 saturated heterocycles. The monoisotopic (exact) mass is 387 g/mol. The third-order valence-electron chi connectivity index (χ3n) is 3.70. The number of halogens is 1. The summed E-state index contributed by atoms with van der Waals surface area (Å²) in [4.78, 5) is 7.80. The Labute approximate surface area is 157 Å². The van der Waals surface area contributed by atoms with E-state index in [9.17, 15) is 12.8 Å². The number of alkyl halides is 1. The molecule has 0 saturated carbocycles. The SMILES string of the molecule is O=S(=O)(CCF)N(Cc1cncnc1)c1cccc(Oc2ccccc2)c1. The molecule has 0 bridgehead atoms. The van der Waals surface area contributed by atoms with Gasteiger partial charge in [-0.2, -0.15) is 0 Å². The number of para-hydroxylation sites is 1. The second-order valence-electron chi connectivity index (χ2n) is 5.67. The van der Waals surface area contributed by atoms with Crippen molar-refractivity contribution in [2.24, 2.45) is 0 Å². The van der Waals surface area contributed by atoms with Crippen molar-refractivity contribution in [3.8, 4) is 11.5 Å². The summed E-state index contributed by atoms with van der Waals surface area (Å²) in [6, 6.07) is 15.8. The van der Waals surface area contributed by atoms with E-state index in [0.29, 0.717) is 22.7 Å². The van der Waals surface area contributed by atoms with Gasteiger partial charge in [0.2, 0.25) is 10.0 Å². The summed E-state index contributed by atoms with van der Waals surface area (Å²) < 4.78 is 44.9. The van der Waals surface area contributed by atoms with E-state index in [2.05, 4.69) is 9.97 Å². The molecule has 3 rings (SSSR count). The topological polar surface area (TPSA) is 72.4 Å². The summed E-state index contributed by atoms with van der Waals surface area (Å²) in [6.07, 6.45) is 4.41. The van der Waals surface area contributed by atoms with Gasteiger partial charge in [-0.1, -0.05) is 24.3 Å². The zero-order chi connectivity index (χ0) is 19.1. The normalized spacial score (nSPS) is 11.1. The highest BCUT2D eigenvalue weighted by Crippen LogP contribution is 2.28. The van der Waals surface area contributed by atoms with E-state index in [0.717, 1.165) is 4.31 Å². The molecular formula is C19H18FN3O3S. The summed E-state index contributed by atoms with van der Waals surface area (Å²) in [6.45, 7) is -0.970. The van der Waals surface area contributed by atoms with Crippen LogP contribution in [0.4, 0.5) is 10.1 Å². The molecular weight excluding hydrogens is 369 g/mol. The summed E-state index contributed by atoms with van der Waals surface area (Å²) in [5, 5.41) is 0. The van der Waals surface area contributed by atoms with Crippen LogP contribution in [-0.4, -0.2) is 30.8 Å². The van der Waals surface area contributed by atoms with Crippen LogP contribution < -0.4 is 9.04 Å². The van der Waals surface area contributed by atoms with E-state index >= 15 is 0 Å². The zero-order valence-electron chi connectivity index (χ0n) is 14.4. The molecule has 140 valence electrons. The van der Waals surface area contributed by atoms with Crippen molar-refractivity contribution < 1.29 is 17.5 Å². The molecule has 0 aliphatic heterocycles. The van der Waals surface area contributed by atoms with Crippen LogP contribution in [0.5, 0.6) is 11.5 Å². The Kier molecular flexibility index (Phi) is 5.97. The van der Waals surface area contributed by atoms with Gasteiger partial charge in [0.1, 0.15) is 24.5 Å². The van der Waals surface area contributed by atoms with Crippen LogP contribution in [0.1, 0.15) is 5.56 Å². The fraction of sp³-hybridized carbons (Fsp3) is 0.158. The van der Waals surface area contributed by atoms with Gasteiger partial charge < -0.3 is 4.74 Å². The number of anilines is 1. The lowest BCUT2D eigenvalue weighted by Gasteiger charge is -2.24. The lowest BCUT2D eigenvalue weighted by Crippen LogP contribution is -2.33. The van der Waals surface area contributed by atoms with Gasteiger partial charge in [-0.15, -0.1) is 0 Å². The third-order valence-corrected chi connectivity index (χ3v) is 5.38. The molecule has 0 aliphatic carbocycles. The molecule has 0 aliphatic rings. The molecule has 0 amide bonds. The van der Waals surface area contributed by atoms with Crippen LogP contribution in [0.3, 0.4) is 0 Å². The van der Waals surface area contributed by atoms with E-state index in [1.807, 2.05) is 18.2 Å².